The average molecular weight is 308 g/mol. The van der Waals surface area contributed by atoms with Crippen LogP contribution in [0.5, 0.6) is 0 Å². The van der Waals surface area contributed by atoms with Crippen LogP contribution < -0.4 is 11.1 Å². The van der Waals surface area contributed by atoms with Crippen molar-refractivity contribution < 1.29 is 9.53 Å². The molecule has 1 aliphatic rings. The number of hydrogen-bond acceptors (Lipinski definition) is 5. The molecule has 1 fully saturated rings. The van der Waals surface area contributed by atoms with Crippen LogP contribution in [0, 0.1) is 0 Å². The van der Waals surface area contributed by atoms with Gasteiger partial charge in [0.25, 0.3) is 0 Å². The molecule has 0 bridgehead atoms. The van der Waals surface area contributed by atoms with E-state index in [0.29, 0.717) is 22.6 Å². The van der Waals surface area contributed by atoms with Gasteiger partial charge in [0.05, 0.1) is 23.5 Å². The Balaban J connectivity index is 2.10. The average Bonchev–Trinajstić information content (AvgIpc) is 2.96. The van der Waals surface area contributed by atoms with Crippen LogP contribution in [-0.2, 0) is 4.74 Å². The van der Waals surface area contributed by atoms with E-state index in [1.165, 1.54) is 25.7 Å². The molecule has 5 heteroatoms. The lowest BCUT2D eigenvalue weighted by Gasteiger charge is -2.28. The summed E-state index contributed by atoms with van der Waals surface area (Å²) >= 11 is 1.93. The third kappa shape index (κ3) is 3.64. The number of thioether (sulfide) groups is 1. The highest BCUT2D eigenvalue weighted by molar-refractivity contribution is 8.00. The molecule has 0 radical (unpaired) electrons. The highest BCUT2D eigenvalue weighted by atomic mass is 32.2. The zero-order valence-electron chi connectivity index (χ0n) is 12.8. The number of hydrogen-bond donors (Lipinski definition) is 2. The molecule has 0 aromatic heterocycles. The lowest BCUT2D eigenvalue weighted by molar-refractivity contribution is 0.0527. The molecule has 0 heterocycles. The van der Waals surface area contributed by atoms with Crippen LogP contribution in [0.15, 0.2) is 18.2 Å². The van der Waals surface area contributed by atoms with Crippen molar-refractivity contribution in [2.75, 3.05) is 30.5 Å². The second-order valence-electron chi connectivity index (χ2n) is 5.44. The number of rotatable bonds is 6. The molecule has 1 aromatic rings. The van der Waals surface area contributed by atoms with Crippen LogP contribution in [0.2, 0.25) is 0 Å². The normalized spacial score (nSPS) is 16.7. The van der Waals surface area contributed by atoms with Crippen molar-refractivity contribution >= 4 is 29.1 Å². The number of carbonyl (C=O) groups excluding carboxylic acids is 1. The van der Waals surface area contributed by atoms with E-state index < -0.39 is 0 Å². The van der Waals surface area contributed by atoms with Gasteiger partial charge in [-0.3, -0.25) is 0 Å². The predicted octanol–water partition coefficient (Wildman–Crippen LogP) is 3.53. The molecule has 116 valence electrons. The van der Waals surface area contributed by atoms with Crippen LogP contribution in [0.4, 0.5) is 11.4 Å². The summed E-state index contributed by atoms with van der Waals surface area (Å²) in [5.74, 6) is -0.362. The van der Waals surface area contributed by atoms with E-state index in [1.54, 1.807) is 13.0 Å². The number of benzene rings is 1. The molecule has 0 unspecified atom stereocenters. The summed E-state index contributed by atoms with van der Waals surface area (Å²) in [6.45, 7) is 3.02. The fourth-order valence-corrected chi connectivity index (χ4v) is 3.75. The summed E-state index contributed by atoms with van der Waals surface area (Å²) < 4.78 is 5.33. The monoisotopic (exact) mass is 308 g/mol. The van der Waals surface area contributed by atoms with E-state index in [9.17, 15) is 4.79 Å². The van der Waals surface area contributed by atoms with Crippen LogP contribution >= 0.6 is 11.8 Å². The SMILES string of the molecule is CCOC(=O)c1cccc(NCC2(SC)CCCC2)c1N. The van der Waals surface area contributed by atoms with E-state index in [-0.39, 0.29) is 5.97 Å². The van der Waals surface area contributed by atoms with E-state index in [1.807, 2.05) is 23.9 Å². The largest absolute Gasteiger partial charge is 0.462 e. The summed E-state index contributed by atoms with van der Waals surface area (Å²) in [6, 6.07) is 5.46. The first-order valence-corrected chi connectivity index (χ1v) is 8.69. The third-order valence-corrected chi connectivity index (χ3v) is 5.57. The van der Waals surface area contributed by atoms with Crippen LogP contribution in [0.25, 0.3) is 0 Å². The minimum absolute atomic E-state index is 0.298. The molecular formula is C16H24N2O2S. The fourth-order valence-electron chi connectivity index (χ4n) is 2.83. The number of ether oxygens (including phenoxy) is 1. The summed E-state index contributed by atoms with van der Waals surface area (Å²) in [5, 5.41) is 3.43. The minimum atomic E-state index is -0.362. The Morgan fingerprint density at radius 2 is 2.14 bits per heavy atom. The molecule has 0 amide bonds. The lowest BCUT2D eigenvalue weighted by Crippen LogP contribution is -2.30. The van der Waals surface area contributed by atoms with Gasteiger partial charge < -0.3 is 15.8 Å². The van der Waals surface area contributed by atoms with E-state index in [2.05, 4.69) is 11.6 Å². The first kappa shape index (κ1) is 16.0. The molecule has 0 saturated heterocycles. The maximum atomic E-state index is 11.9. The Morgan fingerprint density at radius 1 is 1.43 bits per heavy atom. The van der Waals surface area contributed by atoms with Crippen molar-refractivity contribution in [2.45, 2.75) is 37.4 Å². The summed E-state index contributed by atoms with van der Waals surface area (Å²) in [4.78, 5) is 11.9. The van der Waals surface area contributed by atoms with Crippen molar-refractivity contribution in [1.29, 1.82) is 0 Å². The van der Waals surface area contributed by atoms with Gasteiger partial charge in [-0.05, 0) is 38.2 Å². The number of anilines is 2. The van der Waals surface area contributed by atoms with Gasteiger partial charge in [-0.1, -0.05) is 18.9 Å². The van der Waals surface area contributed by atoms with Gasteiger partial charge >= 0.3 is 5.97 Å². The summed E-state index contributed by atoms with van der Waals surface area (Å²) in [7, 11) is 0. The standard InChI is InChI=1S/C16H24N2O2S/c1-3-20-15(19)12-7-6-8-13(14(12)17)18-11-16(21-2)9-4-5-10-16/h6-8,18H,3-5,9-11,17H2,1-2H3. The number of nitrogens with two attached hydrogens (primary N) is 1. The number of esters is 1. The fraction of sp³-hybridized carbons (Fsp3) is 0.562. The molecular weight excluding hydrogens is 284 g/mol. The Kier molecular flexibility index (Phi) is 5.39. The van der Waals surface area contributed by atoms with Gasteiger partial charge in [-0.2, -0.15) is 11.8 Å². The second kappa shape index (κ2) is 7.07. The second-order valence-corrected chi connectivity index (χ2v) is 6.71. The molecule has 4 nitrogen and oxygen atoms in total. The van der Waals surface area contributed by atoms with Gasteiger partial charge in [-0.15, -0.1) is 0 Å². The van der Waals surface area contributed by atoms with Crippen molar-refractivity contribution in [3.05, 3.63) is 23.8 Å². The van der Waals surface area contributed by atoms with Gasteiger partial charge in [0.2, 0.25) is 0 Å². The van der Waals surface area contributed by atoms with Crippen LogP contribution in [-0.4, -0.2) is 30.1 Å². The summed E-state index contributed by atoms with van der Waals surface area (Å²) in [5.41, 5.74) is 7.85. The van der Waals surface area contributed by atoms with E-state index in [0.717, 1.165) is 12.2 Å². The van der Waals surface area contributed by atoms with E-state index >= 15 is 0 Å². The Bertz CT molecular complexity index is 499. The zero-order chi connectivity index (χ0) is 15.3. The number of carbonyl (C=O) groups is 1. The molecule has 1 saturated carbocycles. The highest BCUT2D eigenvalue weighted by Gasteiger charge is 2.32. The molecule has 0 aliphatic heterocycles. The Morgan fingerprint density at radius 3 is 2.76 bits per heavy atom. The van der Waals surface area contributed by atoms with Crippen LogP contribution in [0.3, 0.4) is 0 Å². The lowest BCUT2D eigenvalue weighted by atomic mass is 10.1. The van der Waals surface area contributed by atoms with Crippen molar-refractivity contribution in [1.82, 2.24) is 0 Å². The first-order chi connectivity index (χ1) is 10.1. The van der Waals surface area contributed by atoms with Crippen molar-refractivity contribution in [2.24, 2.45) is 0 Å². The number of nitrogen functional groups attached to an aromatic ring is 1. The molecule has 3 N–H and O–H groups in total. The Labute approximate surface area is 130 Å². The quantitative estimate of drug-likeness (QED) is 0.621. The predicted molar refractivity (Wildman–Crippen MR) is 90.0 cm³/mol. The zero-order valence-corrected chi connectivity index (χ0v) is 13.6. The third-order valence-electron chi connectivity index (χ3n) is 4.15. The van der Waals surface area contributed by atoms with Gasteiger partial charge in [0, 0.05) is 11.3 Å². The van der Waals surface area contributed by atoms with Crippen molar-refractivity contribution in [3.63, 3.8) is 0 Å². The highest BCUT2D eigenvalue weighted by Crippen LogP contribution is 2.40. The van der Waals surface area contributed by atoms with Crippen molar-refractivity contribution in [3.8, 4) is 0 Å². The van der Waals surface area contributed by atoms with Gasteiger partial charge in [-0.25, -0.2) is 4.79 Å². The maximum absolute atomic E-state index is 11.9. The molecule has 1 aromatic carbocycles. The molecule has 0 spiro atoms. The van der Waals surface area contributed by atoms with Gasteiger partial charge in [0.15, 0.2) is 0 Å². The molecule has 0 atom stereocenters. The topological polar surface area (TPSA) is 64.3 Å². The number of nitrogens with one attached hydrogen (secondary N) is 1. The molecule has 2 rings (SSSR count). The van der Waals surface area contributed by atoms with E-state index in [4.69, 9.17) is 10.5 Å². The smallest absolute Gasteiger partial charge is 0.340 e. The molecule has 21 heavy (non-hydrogen) atoms. The number of para-hydroxylation sites is 1. The molecule has 1 aliphatic carbocycles. The first-order valence-electron chi connectivity index (χ1n) is 7.46. The summed E-state index contributed by atoms with van der Waals surface area (Å²) in [6.07, 6.45) is 7.23. The minimum Gasteiger partial charge on any atom is -0.462 e. The van der Waals surface area contributed by atoms with Gasteiger partial charge in [0.1, 0.15) is 0 Å². The Hall–Kier alpha value is -1.36. The van der Waals surface area contributed by atoms with Crippen LogP contribution in [0.1, 0.15) is 43.0 Å². The maximum Gasteiger partial charge on any atom is 0.340 e.